The number of benzene rings is 2. The van der Waals surface area contributed by atoms with Crippen LogP contribution in [0.15, 0.2) is 47.4 Å². The molecule has 3 rings (SSSR count). The number of rotatable bonds is 9. The molecule has 1 heterocycles. The number of ether oxygens (including phenoxy) is 2. The molecule has 0 bridgehead atoms. The number of fused-ring (bicyclic) bond motifs is 1. The largest absolute Gasteiger partial charge is 0.497 e. The maximum absolute atomic E-state index is 13.0. The highest BCUT2D eigenvalue weighted by Crippen LogP contribution is 2.28. The third-order valence-corrected chi connectivity index (χ3v) is 5.02. The standard InChI is InChI=1S/C22H23ClN2O5/c1-14(30-9-3-4-21(26)27)18-10-16(23)11-19-20(18)12-24-25(22(19)28)13-15-5-7-17(29-2)8-6-15/h5-8,10-12,14H,3-4,9,13H2,1-2H3,(H,26,27). The minimum Gasteiger partial charge on any atom is -0.497 e. The minimum atomic E-state index is -0.860. The van der Waals surface area contributed by atoms with Crippen molar-refractivity contribution in [1.82, 2.24) is 9.78 Å². The molecule has 0 saturated heterocycles. The van der Waals surface area contributed by atoms with Crippen LogP contribution >= 0.6 is 11.6 Å². The molecular formula is C22H23ClN2O5. The molecule has 0 aliphatic heterocycles. The van der Waals surface area contributed by atoms with Gasteiger partial charge >= 0.3 is 5.97 Å². The van der Waals surface area contributed by atoms with Crippen LogP contribution in [0.5, 0.6) is 5.75 Å². The molecule has 1 aromatic heterocycles. The van der Waals surface area contributed by atoms with Crippen molar-refractivity contribution >= 4 is 28.3 Å². The Bertz CT molecular complexity index is 1100. The second-order valence-corrected chi connectivity index (χ2v) is 7.36. The van der Waals surface area contributed by atoms with Crippen LogP contribution in [0, 0.1) is 0 Å². The van der Waals surface area contributed by atoms with E-state index in [4.69, 9.17) is 26.2 Å². The van der Waals surface area contributed by atoms with Gasteiger partial charge in [0, 0.05) is 23.4 Å². The third-order valence-electron chi connectivity index (χ3n) is 4.80. The Morgan fingerprint density at radius 1 is 1.23 bits per heavy atom. The molecule has 3 aromatic rings. The van der Waals surface area contributed by atoms with Gasteiger partial charge in [-0.25, -0.2) is 4.68 Å². The van der Waals surface area contributed by atoms with Crippen molar-refractivity contribution in [1.29, 1.82) is 0 Å². The van der Waals surface area contributed by atoms with Crippen LogP contribution in [0.2, 0.25) is 5.02 Å². The molecule has 8 heteroatoms. The van der Waals surface area contributed by atoms with Crippen molar-refractivity contribution in [3.63, 3.8) is 0 Å². The zero-order valence-corrected chi connectivity index (χ0v) is 17.6. The molecular weight excluding hydrogens is 408 g/mol. The number of halogens is 1. The van der Waals surface area contributed by atoms with Gasteiger partial charge in [0.25, 0.3) is 5.56 Å². The molecule has 0 spiro atoms. The molecule has 1 N–H and O–H groups in total. The SMILES string of the molecule is COc1ccc(Cn2ncc3c(C(C)OCCCC(=O)O)cc(Cl)cc3c2=O)cc1. The van der Waals surface area contributed by atoms with Crippen molar-refractivity contribution in [3.8, 4) is 5.75 Å². The molecule has 7 nitrogen and oxygen atoms in total. The van der Waals surface area contributed by atoms with Gasteiger partial charge in [-0.1, -0.05) is 23.7 Å². The highest BCUT2D eigenvalue weighted by molar-refractivity contribution is 6.31. The lowest BCUT2D eigenvalue weighted by atomic mass is 10.0. The Hall–Kier alpha value is -2.90. The van der Waals surface area contributed by atoms with Crippen molar-refractivity contribution < 1.29 is 19.4 Å². The van der Waals surface area contributed by atoms with Crippen LogP contribution in [0.25, 0.3) is 10.8 Å². The van der Waals surface area contributed by atoms with E-state index in [0.29, 0.717) is 35.4 Å². The number of hydrogen-bond acceptors (Lipinski definition) is 5. The van der Waals surface area contributed by atoms with Gasteiger partial charge in [0.05, 0.1) is 31.3 Å². The number of aliphatic carboxylic acids is 1. The minimum absolute atomic E-state index is 0.0423. The van der Waals surface area contributed by atoms with E-state index in [2.05, 4.69) is 5.10 Å². The number of carboxylic acids is 1. The third kappa shape index (κ3) is 5.17. The monoisotopic (exact) mass is 430 g/mol. The Labute approximate surface area is 178 Å². The van der Waals surface area contributed by atoms with E-state index in [-0.39, 0.29) is 18.1 Å². The van der Waals surface area contributed by atoms with E-state index in [1.54, 1.807) is 25.4 Å². The summed E-state index contributed by atoms with van der Waals surface area (Å²) in [6.45, 7) is 2.46. The first kappa shape index (κ1) is 21.8. The van der Waals surface area contributed by atoms with Crippen molar-refractivity contribution in [3.05, 3.63) is 69.1 Å². The average Bonchev–Trinajstić information content (AvgIpc) is 2.73. The Kier molecular flexibility index (Phi) is 7.07. The topological polar surface area (TPSA) is 90.7 Å². The summed E-state index contributed by atoms with van der Waals surface area (Å²) in [6, 6.07) is 10.8. The smallest absolute Gasteiger partial charge is 0.303 e. The van der Waals surface area contributed by atoms with Gasteiger partial charge in [0.15, 0.2) is 0 Å². The fourth-order valence-electron chi connectivity index (χ4n) is 3.21. The average molecular weight is 431 g/mol. The fraction of sp³-hybridized carbons (Fsp3) is 0.318. The van der Waals surface area contributed by atoms with Crippen LogP contribution in [0.4, 0.5) is 0 Å². The molecule has 0 radical (unpaired) electrons. The van der Waals surface area contributed by atoms with Crippen molar-refractivity contribution in [2.75, 3.05) is 13.7 Å². The summed E-state index contributed by atoms with van der Waals surface area (Å²) in [7, 11) is 1.60. The number of nitrogens with zero attached hydrogens (tertiary/aromatic N) is 2. The quantitative estimate of drug-likeness (QED) is 0.515. The van der Waals surface area contributed by atoms with Crippen molar-refractivity contribution in [2.24, 2.45) is 0 Å². The highest BCUT2D eigenvalue weighted by atomic mass is 35.5. The van der Waals surface area contributed by atoms with Crippen LogP contribution in [-0.4, -0.2) is 34.6 Å². The van der Waals surface area contributed by atoms with Crippen LogP contribution < -0.4 is 10.3 Å². The molecule has 0 aliphatic carbocycles. The summed E-state index contributed by atoms with van der Waals surface area (Å²) < 4.78 is 12.3. The maximum Gasteiger partial charge on any atom is 0.303 e. The first-order valence-electron chi connectivity index (χ1n) is 9.54. The molecule has 1 atom stereocenters. The highest BCUT2D eigenvalue weighted by Gasteiger charge is 2.15. The number of carbonyl (C=O) groups is 1. The molecule has 0 aliphatic rings. The van der Waals surface area contributed by atoms with Gasteiger partial charge in [-0.2, -0.15) is 5.10 Å². The molecule has 158 valence electrons. The number of hydrogen-bond donors (Lipinski definition) is 1. The molecule has 1 unspecified atom stereocenters. The molecule has 0 saturated carbocycles. The molecule has 0 fully saturated rings. The maximum atomic E-state index is 13.0. The second-order valence-electron chi connectivity index (χ2n) is 6.92. The summed E-state index contributed by atoms with van der Waals surface area (Å²) >= 11 is 6.27. The normalized spacial score (nSPS) is 12.1. The summed E-state index contributed by atoms with van der Waals surface area (Å²) in [5.74, 6) is -0.118. The lowest BCUT2D eigenvalue weighted by molar-refractivity contribution is -0.137. The van der Waals surface area contributed by atoms with Gasteiger partial charge < -0.3 is 14.6 Å². The van der Waals surface area contributed by atoms with Crippen molar-refractivity contribution in [2.45, 2.75) is 32.4 Å². The van der Waals surface area contributed by atoms with E-state index in [0.717, 1.165) is 16.9 Å². The van der Waals surface area contributed by atoms with E-state index in [9.17, 15) is 9.59 Å². The summed E-state index contributed by atoms with van der Waals surface area (Å²) in [4.78, 5) is 23.7. The molecule has 0 amide bonds. The second kappa shape index (κ2) is 9.73. The van der Waals surface area contributed by atoms with E-state index >= 15 is 0 Å². The number of carboxylic acid groups (broad SMARTS) is 1. The van der Waals surface area contributed by atoms with E-state index < -0.39 is 5.97 Å². The van der Waals surface area contributed by atoms with Gasteiger partial charge in [-0.05, 0) is 48.7 Å². The number of methoxy groups -OCH3 is 1. The zero-order valence-electron chi connectivity index (χ0n) is 16.8. The summed E-state index contributed by atoms with van der Waals surface area (Å²) in [6.07, 6.45) is 1.73. The van der Waals surface area contributed by atoms with Gasteiger partial charge in [-0.15, -0.1) is 0 Å². The van der Waals surface area contributed by atoms with E-state index in [1.165, 1.54) is 4.68 Å². The van der Waals surface area contributed by atoms with E-state index in [1.807, 2.05) is 31.2 Å². The predicted octanol–water partition coefficient (Wildman–Crippen LogP) is 4.05. The van der Waals surface area contributed by atoms with Crippen LogP contribution in [0.1, 0.15) is 37.0 Å². The lowest BCUT2D eigenvalue weighted by Gasteiger charge is -2.16. The first-order valence-corrected chi connectivity index (χ1v) is 9.92. The Morgan fingerprint density at radius 2 is 1.97 bits per heavy atom. The Balaban J connectivity index is 1.87. The number of aromatic nitrogens is 2. The summed E-state index contributed by atoms with van der Waals surface area (Å²) in [5.41, 5.74) is 1.42. The lowest BCUT2D eigenvalue weighted by Crippen LogP contribution is -2.23. The zero-order chi connectivity index (χ0) is 21.7. The van der Waals surface area contributed by atoms with Gasteiger partial charge in [0.1, 0.15) is 5.75 Å². The van der Waals surface area contributed by atoms with Gasteiger partial charge in [0.2, 0.25) is 0 Å². The predicted molar refractivity (Wildman–Crippen MR) is 114 cm³/mol. The molecule has 2 aromatic carbocycles. The van der Waals surface area contributed by atoms with Crippen LogP contribution in [-0.2, 0) is 16.1 Å². The first-order chi connectivity index (χ1) is 14.4. The fourth-order valence-corrected chi connectivity index (χ4v) is 3.43. The van der Waals surface area contributed by atoms with Gasteiger partial charge in [-0.3, -0.25) is 9.59 Å². The molecule has 30 heavy (non-hydrogen) atoms. The Morgan fingerprint density at radius 3 is 2.63 bits per heavy atom. The van der Waals surface area contributed by atoms with Crippen LogP contribution in [0.3, 0.4) is 0 Å². The summed E-state index contributed by atoms with van der Waals surface area (Å²) in [5, 5.41) is 14.6.